The molecular formula is C19H20N6O2. The van der Waals surface area contributed by atoms with Crippen LogP contribution in [0.4, 0.5) is 0 Å². The lowest BCUT2D eigenvalue weighted by atomic mass is 10.1. The number of imidazole rings is 1. The lowest BCUT2D eigenvalue weighted by Gasteiger charge is -2.28. The molecular weight excluding hydrogens is 344 g/mol. The zero-order valence-electron chi connectivity index (χ0n) is 15.1. The van der Waals surface area contributed by atoms with Crippen molar-refractivity contribution in [2.45, 2.75) is 32.9 Å². The van der Waals surface area contributed by atoms with Crippen LogP contribution in [0, 0.1) is 0 Å². The fourth-order valence-electron chi connectivity index (χ4n) is 3.34. The molecule has 0 radical (unpaired) electrons. The van der Waals surface area contributed by atoms with Crippen LogP contribution in [0.25, 0.3) is 11.4 Å². The van der Waals surface area contributed by atoms with Gasteiger partial charge in [0.1, 0.15) is 18.2 Å². The van der Waals surface area contributed by atoms with Crippen LogP contribution in [0.15, 0.2) is 41.7 Å². The highest BCUT2D eigenvalue weighted by Gasteiger charge is 2.25. The molecule has 0 saturated heterocycles. The molecule has 0 atom stereocenters. The van der Waals surface area contributed by atoms with Gasteiger partial charge < -0.3 is 14.5 Å². The number of pyridine rings is 1. The van der Waals surface area contributed by atoms with Gasteiger partial charge in [-0.25, -0.2) is 9.97 Å². The van der Waals surface area contributed by atoms with Crippen molar-refractivity contribution in [3.8, 4) is 11.4 Å². The largest absolute Gasteiger partial charge is 0.335 e. The van der Waals surface area contributed by atoms with Crippen molar-refractivity contribution < 1.29 is 4.79 Å². The molecule has 27 heavy (non-hydrogen) atoms. The molecule has 1 aliphatic rings. The third-order valence-corrected chi connectivity index (χ3v) is 4.78. The second kappa shape index (κ2) is 7.14. The van der Waals surface area contributed by atoms with Gasteiger partial charge in [-0.15, -0.1) is 0 Å². The number of aromatic nitrogens is 5. The summed E-state index contributed by atoms with van der Waals surface area (Å²) >= 11 is 0. The first-order valence-corrected chi connectivity index (χ1v) is 8.96. The number of hydrogen-bond acceptors (Lipinski definition) is 5. The third-order valence-electron chi connectivity index (χ3n) is 4.78. The van der Waals surface area contributed by atoms with E-state index in [9.17, 15) is 9.59 Å². The Balaban J connectivity index is 1.58. The number of nitrogens with one attached hydrogen (secondary N) is 1. The van der Waals surface area contributed by atoms with Crippen LogP contribution in [-0.2, 0) is 30.7 Å². The summed E-state index contributed by atoms with van der Waals surface area (Å²) in [5.74, 6) is 1.36. The van der Waals surface area contributed by atoms with Crippen LogP contribution in [-0.4, -0.2) is 41.9 Å². The Labute approximate surface area is 155 Å². The average molecular weight is 364 g/mol. The van der Waals surface area contributed by atoms with Gasteiger partial charge in [0.25, 0.3) is 5.56 Å². The number of fused-ring (bicyclic) bond motifs is 1. The molecule has 3 aromatic heterocycles. The molecule has 0 aromatic carbocycles. The maximum atomic E-state index is 12.7. The van der Waals surface area contributed by atoms with Crippen molar-refractivity contribution in [3.05, 3.63) is 64.4 Å². The number of amides is 1. The Morgan fingerprint density at radius 2 is 2.22 bits per heavy atom. The van der Waals surface area contributed by atoms with Gasteiger partial charge >= 0.3 is 0 Å². The number of hydrogen-bond donors (Lipinski definition) is 1. The van der Waals surface area contributed by atoms with Crippen LogP contribution < -0.4 is 5.56 Å². The fourth-order valence-corrected chi connectivity index (χ4v) is 3.34. The summed E-state index contributed by atoms with van der Waals surface area (Å²) in [6.45, 7) is 3.11. The van der Waals surface area contributed by atoms with E-state index in [4.69, 9.17) is 0 Å². The first-order chi connectivity index (χ1) is 13.2. The molecule has 0 aliphatic carbocycles. The van der Waals surface area contributed by atoms with Crippen LogP contribution in [0.3, 0.4) is 0 Å². The van der Waals surface area contributed by atoms with Crippen LogP contribution in [0.2, 0.25) is 0 Å². The van der Waals surface area contributed by atoms with E-state index < -0.39 is 0 Å². The van der Waals surface area contributed by atoms with E-state index in [2.05, 4.69) is 19.9 Å². The van der Waals surface area contributed by atoms with Gasteiger partial charge in [0.05, 0.1) is 12.2 Å². The Morgan fingerprint density at radius 3 is 3.00 bits per heavy atom. The predicted molar refractivity (Wildman–Crippen MR) is 98.8 cm³/mol. The second-order valence-electron chi connectivity index (χ2n) is 6.47. The van der Waals surface area contributed by atoms with Crippen molar-refractivity contribution in [2.75, 3.05) is 6.54 Å². The van der Waals surface area contributed by atoms with Gasteiger partial charge in [-0.2, -0.15) is 0 Å². The van der Waals surface area contributed by atoms with Gasteiger partial charge in [0, 0.05) is 48.9 Å². The van der Waals surface area contributed by atoms with E-state index in [1.807, 2.05) is 23.8 Å². The van der Waals surface area contributed by atoms with Gasteiger partial charge in [-0.3, -0.25) is 14.6 Å². The predicted octanol–water partition coefficient (Wildman–Crippen LogP) is 1.18. The third kappa shape index (κ3) is 3.38. The number of carbonyl (C=O) groups is 1. The fraction of sp³-hybridized carbons (Fsp3) is 0.316. The highest BCUT2D eigenvalue weighted by atomic mass is 16.2. The number of carbonyl (C=O) groups excluding carboxylic acids is 1. The summed E-state index contributed by atoms with van der Waals surface area (Å²) in [6.07, 6.45) is 8.12. The van der Waals surface area contributed by atoms with Crippen molar-refractivity contribution in [1.82, 2.24) is 29.4 Å². The lowest BCUT2D eigenvalue weighted by Crippen LogP contribution is -2.40. The number of nitrogens with zero attached hydrogens (tertiary/aromatic N) is 5. The van der Waals surface area contributed by atoms with Crippen molar-refractivity contribution >= 4 is 5.91 Å². The van der Waals surface area contributed by atoms with E-state index in [1.165, 1.54) is 0 Å². The standard InChI is InChI=1S/C19H20N6O2/c1-2-16-21-7-9-24(16)12-17(26)25-8-5-14-15(11-25)22-18(23-19(14)27)13-4-3-6-20-10-13/h3-4,6-7,9-10H,2,5,8,11-12H2,1H3,(H,22,23,27). The summed E-state index contributed by atoms with van der Waals surface area (Å²) in [5, 5.41) is 0. The first-order valence-electron chi connectivity index (χ1n) is 8.96. The molecule has 0 bridgehead atoms. The number of aromatic amines is 1. The molecule has 4 heterocycles. The number of rotatable bonds is 4. The molecule has 4 rings (SSSR count). The summed E-state index contributed by atoms with van der Waals surface area (Å²) in [6, 6.07) is 3.63. The average Bonchev–Trinajstić information content (AvgIpc) is 3.15. The maximum Gasteiger partial charge on any atom is 0.254 e. The topological polar surface area (TPSA) is 96.8 Å². The summed E-state index contributed by atoms with van der Waals surface area (Å²) in [7, 11) is 0. The quantitative estimate of drug-likeness (QED) is 0.750. The number of H-pyrrole nitrogens is 1. The second-order valence-corrected chi connectivity index (χ2v) is 6.47. The Hall–Kier alpha value is -3.29. The van der Waals surface area contributed by atoms with Crippen molar-refractivity contribution in [1.29, 1.82) is 0 Å². The van der Waals surface area contributed by atoms with Crippen LogP contribution in [0.1, 0.15) is 24.0 Å². The van der Waals surface area contributed by atoms with E-state index in [-0.39, 0.29) is 18.0 Å². The Bertz CT molecular complexity index is 1020. The van der Waals surface area contributed by atoms with Gasteiger partial charge in [-0.1, -0.05) is 6.92 Å². The Morgan fingerprint density at radius 1 is 1.33 bits per heavy atom. The van der Waals surface area contributed by atoms with Crippen LogP contribution >= 0.6 is 0 Å². The minimum absolute atomic E-state index is 0.00152. The maximum absolute atomic E-state index is 12.7. The summed E-state index contributed by atoms with van der Waals surface area (Å²) in [4.78, 5) is 42.7. The SMILES string of the molecule is CCc1nccn1CC(=O)N1CCc2c(nc(-c3cccnc3)[nH]c2=O)C1. The van der Waals surface area contributed by atoms with Gasteiger partial charge in [0.15, 0.2) is 0 Å². The molecule has 0 fully saturated rings. The molecule has 3 aromatic rings. The normalized spacial score (nSPS) is 13.4. The molecule has 1 N–H and O–H groups in total. The van der Waals surface area contributed by atoms with Crippen LogP contribution in [0.5, 0.6) is 0 Å². The van der Waals surface area contributed by atoms with E-state index in [1.54, 1.807) is 29.6 Å². The minimum Gasteiger partial charge on any atom is -0.335 e. The minimum atomic E-state index is -0.145. The highest BCUT2D eigenvalue weighted by Crippen LogP contribution is 2.18. The number of aryl methyl sites for hydroxylation is 1. The summed E-state index contributed by atoms with van der Waals surface area (Å²) in [5.41, 5.74) is 1.91. The highest BCUT2D eigenvalue weighted by molar-refractivity contribution is 5.76. The first kappa shape index (κ1) is 17.1. The van der Waals surface area contributed by atoms with E-state index in [0.29, 0.717) is 36.6 Å². The van der Waals surface area contributed by atoms with Gasteiger partial charge in [-0.05, 0) is 18.6 Å². The molecule has 1 aliphatic heterocycles. The lowest BCUT2D eigenvalue weighted by molar-refractivity contribution is -0.132. The Kier molecular flexibility index (Phi) is 4.53. The zero-order chi connectivity index (χ0) is 18.8. The molecule has 0 unspecified atom stereocenters. The molecule has 8 nitrogen and oxygen atoms in total. The zero-order valence-corrected chi connectivity index (χ0v) is 15.1. The van der Waals surface area contributed by atoms with Gasteiger partial charge in [0.2, 0.25) is 5.91 Å². The van der Waals surface area contributed by atoms with E-state index in [0.717, 1.165) is 17.8 Å². The summed E-state index contributed by atoms with van der Waals surface area (Å²) < 4.78 is 1.87. The molecule has 0 spiro atoms. The van der Waals surface area contributed by atoms with Crippen molar-refractivity contribution in [3.63, 3.8) is 0 Å². The van der Waals surface area contributed by atoms with Crippen molar-refractivity contribution in [2.24, 2.45) is 0 Å². The smallest absolute Gasteiger partial charge is 0.254 e. The molecule has 138 valence electrons. The molecule has 1 amide bonds. The van der Waals surface area contributed by atoms with E-state index >= 15 is 0 Å². The molecule has 0 saturated carbocycles. The monoisotopic (exact) mass is 364 g/mol. The molecule has 8 heteroatoms.